The molecule has 4 rings (SSSR count). The molecule has 7 nitrogen and oxygen atoms in total. The maximum Gasteiger partial charge on any atom is 0.217 e. The Hall–Kier alpha value is -1.25. The fourth-order valence-electron chi connectivity index (χ4n) is 8.14. The van der Waals surface area contributed by atoms with Crippen molar-refractivity contribution in [2.75, 3.05) is 0 Å². The Morgan fingerprint density at radius 2 is 1.91 bits per heavy atom. The molecule has 0 bridgehead atoms. The van der Waals surface area contributed by atoms with Crippen LogP contribution in [0.1, 0.15) is 78.6 Å². The van der Waals surface area contributed by atoms with Gasteiger partial charge in [-0.15, -0.1) is 0 Å². The van der Waals surface area contributed by atoms with Gasteiger partial charge in [-0.25, -0.2) is 8.42 Å². The summed E-state index contributed by atoms with van der Waals surface area (Å²) in [6.07, 6.45) is 7.23. The second-order valence-electron chi connectivity index (χ2n) is 11.2. The van der Waals surface area contributed by atoms with E-state index in [0.717, 1.165) is 31.3 Å². The van der Waals surface area contributed by atoms with E-state index in [2.05, 4.69) is 20.8 Å². The molecule has 3 saturated carbocycles. The highest BCUT2D eigenvalue weighted by molar-refractivity contribution is 7.80. The monoisotopic (exact) mass is 466 g/mol. The molecule has 0 heterocycles. The van der Waals surface area contributed by atoms with E-state index in [1.165, 1.54) is 0 Å². The van der Waals surface area contributed by atoms with E-state index in [4.69, 9.17) is 4.18 Å². The van der Waals surface area contributed by atoms with Gasteiger partial charge in [0, 0.05) is 11.9 Å². The Morgan fingerprint density at radius 1 is 1.19 bits per heavy atom. The van der Waals surface area contributed by atoms with Gasteiger partial charge in [-0.2, -0.15) is 0 Å². The van der Waals surface area contributed by atoms with Crippen molar-refractivity contribution in [1.29, 1.82) is 0 Å². The molecule has 0 aromatic heterocycles. The van der Waals surface area contributed by atoms with Crippen molar-refractivity contribution in [2.45, 2.75) is 84.7 Å². The normalized spacial score (nSPS) is 42.4. The number of aliphatic carboxylic acids is 1. The number of carbonyl (C=O) groups excluding carboxylic acids is 2. The smallest absolute Gasteiger partial charge is 0.217 e. The second kappa shape index (κ2) is 8.20. The zero-order valence-corrected chi connectivity index (χ0v) is 20.0. The van der Waals surface area contributed by atoms with Crippen LogP contribution in [0.25, 0.3) is 0 Å². The third-order valence-corrected chi connectivity index (χ3v) is 10.2. The van der Waals surface area contributed by atoms with Crippen molar-refractivity contribution in [3.8, 4) is 0 Å². The van der Waals surface area contributed by atoms with Crippen molar-refractivity contribution in [2.24, 2.45) is 40.4 Å². The number of ketones is 1. The van der Waals surface area contributed by atoms with Gasteiger partial charge < -0.3 is 14.5 Å². The number of carboxylic acids is 1. The number of carbonyl (C=O) groups is 2. The summed E-state index contributed by atoms with van der Waals surface area (Å²) in [5.41, 5.74) is 0.787. The summed E-state index contributed by atoms with van der Waals surface area (Å²) in [5, 5.41) is 11.0. The minimum atomic E-state index is -4.77. The van der Waals surface area contributed by atoms with Gasteiger partial charge in [-0.1, -0.05) is 26.3 Å². The van der Waals surface area contributed by atoms with Crippen molar-refractivity contribution in [3.05, 3.63) is 11.6 Å². The molecule has 4 aliphatic rings. The molecule has 0 aromatic carbocycles. The number of fused-ring (bicyclic) bond motifs is 5. The zero-order valence-electron chi connectivity index (χ0n) is 19.2. The van der Waals surface area contributed by atoms with E-state index in [9.17, 15) is 27.7 Å². The Labute approximate surface area is 190 Å². The lowest BCUT2D eigenvalue weighted by molar-refractivity contribution is -0.306. The number of hydrogen-bond acceptors (Lipinski definition) is 7. The lowest BCUT2D eigenvalue weighted by Crippen LogP contribution is -2.54. The summed E-state index contributed by atoms with van der Waals surface area (Å²) < 4.78 is 37.9. The third-order valence-electron chi connectivity index (χ3n) is 9.72. The van der Waals surface area contributed by atoms with Gasteiger partial charge in [-0.05, 0) is 98.4 Å². The summed E-state index contributed by atoms with van der Waals surface area (Å²) in [7, 11) is -4.77. The van der Waals surface area contributed by atoms with Crippen LogP contribution in [0.15, 0.2) is 11.6 Å². The molecule has 180 valence electrons. The van der Waals surface area contributed by atoms with Crippen molar-refractivity contribution >= 4 is 22.2 Å². The van der Waals surface area contributed by atoms with Crippen LogP contribution in [0.4, 0.5) is 0 Å². The SMILES string of the molecule is C[C@H](CCC(=O)[O-])[C@H]1CC[C@H]2[C@@H]3C(=O)C=C4C[C@@H](OS(=O)(=O)[O-])CC[C@]4(C)[C@H]3CC[C@]12C. The van der Waals surface area contributed by atoms with E-state index in [1.807, 2.05) is 0 Å². The third kappa shape index (κ3) is 4.07. The molecule has 0 unspecified atom stereocenters. The molecule has 0 saturated heterocycles. The molecule has 3 fully saturated rings. The van der Waals surface area contributed by atoms with Gasteiger partial charge in [0.25, 0.3) is 0 Å². The fourth-order valence-corrected chi connectivity index (χ4v) is 8.64. The van der Waals surface area contributed by atoms with Crippen LogP contribution in [-0.2, 0) is 24.2 Å². The highest BCUT2D eigenvalue weighted by Crippen LogP contribution is 2.66. The van der Waals surface area contributed by atoms with Crippen LogP contribution in [-0.4, -0.2) is 30.8 Å². The van der Waals surface area contributed by atoms with Crippen LogP contribution in [0.2, 0.25) is 0 Å². The first-order valence-corrected chi connectivity index (χ1v) is 13.3. The number of hydrogen-bond donors (Lipinski definition) is 0. The zero-order chi connectivity index (χ0) is 23.5. The minimum absolute atomic E-state index is 0.0286. The highest BCUT2D eigenvalue weighted by atomic mass is 32.3. The molecule has 0 amide bonds. The van der Waals surface area contributed by atoms with E-state index in [0.29, 0.717) is 31.6 Å². The molecule has 0 radical (unpaired) electrons. The molecule has 4 aliphatic carbocycles. The second-order valence-corrected chi connectivity index (χ2v) is 12.2. The Bertz CT molecular complexity index is 925. The quantitative estimate of drug-likeness (QED) is 0.435. The molecule has 0 aliphatic heterocycles. The van der Waals surface area contributed by atoms with Crippen molar-refractivity contribution < 1.29 is 31.8 Å². The molecule has 0 N–H and O–H groups in total. The van der Waals surface area contributed by atoms with Crippen LogP contribution in [0.5, 0.6) is 0 Å². The standard InChI is InChI=1S/C24H36O7S/c1-14(4-7-21(26)27)17-5-6-18-22-19(9-11-24(17,18)3)23(2)10-8-16(31-32(28,29)30)12-15(23)13-20(22)25/h13-14,16-19,22H,4-12H2,1-3H3,(H,26,27)(H,28,29,30)/p-2/t14-,16+,17-,18+,19+,22+,23+,24-/m1/s1. The molecular weight excluding hydrogens is 432 g/mol. The van der Waals surface area contributed by atoms with E-state index < -0.39 is 22.5 Å². The van der Waals surface area contributed by atoms with Gasteiger partial charge in [0.15, 0.2) is 5.78 Å². The van der Waals surface area contributed by atoms with E-state index in [1.54, 1.807) is 6.08 Å². The molecule has 8 heteroatoms. The van der Waals surface area contributed by atoms with Gasteiger partial charge >= 0.3 is 0 Å². The minimum Gasteiger partial charge on any atom is -0.726 e. The Balaban J connectivity index is 1.57. The predicted octanol–water partition coefficient (Wildman–Crippen LogP) is 2.76. The van der Waals surface area contributed by atoms with Crippen LogP contribution in [0, 0.1) is 40.4 Å². The average molecular weight is 467 g/mol. The van der Waals surface area contributed by atoms with Crippen LogP contribution < -0.4 is 5.11 Å². The Morgan fingerprint density at radius 3 is 2.56 bits per heavy atom. The maximum atomic E-state index is 13.4. The first-order valence-electron chi connectivity index (χ1n) is 11.9. The topological polar surface area (TPSA) is 124 Å². The fraction of sp³-hybridized carbons (Fsp3) is 0.833. The summed E-state index contributed by atoms with van der Waals surface area (Å²) >= 11 is 0. The highest BCUT2D eigenvalue weighted by Gasteiger charge is 2.61. The predicted molar refractivity (Wildman–Crippen MR) is 114 cm³/mol. The first-order chi connectivity index (χ1) is 14.8. The number of allylic oxidation sites excluding steroid dienone is 1. The summed E-state index contributed by atoms with van der Waals surface area (Å²) in [6, 6.07) is 0. The number of carboxylic acid groups (broad SMARTS) is 1. The maximum absolute atomic E-state index is 13.4. The average Bonchev–Trinajstić information content (AvgIpc) is 3.03. The van der Waals surface area contributed by atoms with Gasteiger partial charge in [-0.3, -0.25) is 8.98 Å². The molecule has 32 heavy (non-hydrogen) atoms. The number of rotatable bonds is 6. The first kappa shape index (κ1) is 23.9. The molecule has 8 atom stereocenters. The molecular formula is C24H34O7S-2. The lowest BCUT2D eigenvalue weighted by atomic mass is 9.46. The van der Waals surface area contributed by atoms with Gasteiger partial charge in [0.2, 0.25) is 10.4 Å². The van der Waals surface area contributed by atoms with Crippen molar-refractivity contribution in [3.63, 3.8) is 0 Å². The van der Waals surface area contributed by atoms with Crippen molar-refractivity contribution in [1.82, 2.24) is 0 Å². The summed E-state index contributed by atoms with van der Waals surface area (Å²) in [4.78, 5) is 24.4. The van der Waals surface area contributed by atoms with Gasteiger partial charge in [0.1, 0.15) is 0 Å². The lowest BCUT2D eigenvalue weighted by Gasteiger charge is -2.57. The summed E-state index contributed by atoms with van der Waals surface area (Å²) in [5.74, 6) is 0.280. The largest absolute Gasteiger partial charge is 0.726 e. The van der Waals surface area contributed by atoms with E-state index >= 15 is 0 Å². The van der Waals surface area contributed by atoms with Gasteiger partial charge in [0.05, 0.1) is 6.10 Å². The Kier molecular flexibility index (Phi) is 6.13. The van der Waals surface area contributed by atoms with E-state index in [-0.39, 0.29) is 46.7 Å². The molecule has 0 aromatic rings. The molecule has 0 spiro atoms. The van der Waals surface area contributed by atoms with Crippen LogP contribution >= 0.6 is 0 Å². The summed E-state index contributed by atoms with van der Waals surface area (Å²) in [6.45, 7) is 6.64. The van der Waals surface area contributed by atoms with Crippen LogP contribution in [0.3, 0.4) is 0 Å².